The number of benzene rings is 2. The summed E-state index contributed by atoms with van der Waals surface area (Å²) in [5.74, 6) is 2.64. The van der Waals surface area contributed by atoms with Crippen LogP contribution in [0.25, 0.3) is 0 Å². The summed E-state index contributed by atoms with van der Waals surface area (Å²) in [7, 11) is 0. The van der Waals surface area contributed by atoms with Crippen LogP contribution in [0.1, 0.15) is 30.9 Å². The molecule has 1 heterocycles. The van der Waals surface area contributed by atoms with Gasteiger partial charge in [-0.05, 0) is 48.6 Å². The zero-order valence-electron chi connectivity index (χ0n) is 14.2. The lowest BCUT2D eigenvalue weighted by molar-refractivity contribution is 0.0836. The van der Waals surface area contributed by atoms with E-state index in [1.54, 1.807) is 0 Å². The van der Waals surface area contributed by atoms with Crippen molar-refractivity contribution >= 4 is 0 Å². The number of para-hydroxylation sites is 1. The SMILES string of the molecule is c1ccc(Oc2cccc([C@@H](C3CCC3)N3CCNCC3)c2)cc1. The van der Waals surface area contributed by atoms with Crippen molar-refractivity contribution in [2.45, 2.75) is 25.3 Å². The van der Waals surface area contributed by atoms with Crippen LogP contribution in [0.4, 0.5) is 0 Å². The molecule has 1 aliphatic heterocycles. The highest BCUT2D eigenvalue weighted by Gasteiger charge is 2.33. The highest BCUT2D eigenvalue weighted by atomic mass is 16.5. The van der Waals surface area contributed by atoms with Crippen LogP contribution in [0.2, 0.25) is 0 Å². The summed E-state index contributed by atoms with van der Waals surface area (Å²) in [5.41, 5.74) is 1.41. The fourth-order valence-electron chi connectivity index (χ4n) is 3.88. The topological polar surface area (TPSA) is 24.5 Å². The van der Waals surface area contributed by atoms with Gasteiger partial charge in [0.25, 0.3) is 0 Å². The third kappa shape index (κ3) is 3.47. The number of hydrogen-bond donors (Lipinski definition) is 1. The van der Waals surface area contributed by atoms with Crippen LogP contribution in [-0.4, -0.2) is 31.1 Å². The zero-order valence-corrected chi connectivity index (χ0v) is 14.2. The van der Waals surface area contributed by atoms with Crippen LogP contribution in [-0.2, 0) is 0 Å². The lowest BCUT2D eigenvalue weighted by Crippen LogP contribution is -2.47. The molecule has 2 aliphatic rings. The molecule has 24 heavy (non-hydrogen) atoms. The van der Waals surface area contributed by atoms with E-state index >= 15 is 0 Å². The second kappa shape index (κ2) is 7.37. The molecule has 3 heteroatoms. The molecule has 2 fully saturated rings. The van der Waals surface area contributed by atoms with Crippen LogP contribution in [0.3, 0.4) is 0 Å². The molecule has 126 valence electrons. The highest BCUT2D eigenvalue weighted by Crippen LogP contribution is 2.42. The quantitative estimate of drug-likeness (QED) is 0.892. The molecule has 0 aromatic heterocycles. The van der Waals surface area contributed by atoms with Crippen LogP contribution in [0.15, 0.2) is 54.6 Å². The minimum Gasteiger partial charge on any atom is -0.457 e. The van der Waals surface area contributed by atoms with Crippen LogP contribution in [0.5, 0.6) is 11.5 Å². The molecule has 0 radical (unpaired) electrons. The van der Waals surface area contributed by atoms with Gasteiger partial charge in [0.05, 0.1) is 0 Å². The van der Waals surface area contributed by atoms with E-state index in [-0.39, 0.29) is 0 Å². The van der Waals surface area contributed by atoms with E-state index in [0.29, 0.717) is 6.04 Å². The minimum absolute atomic E-state index is 0.542. The highest BCUT2D eigenvalue weighted by molar-refractivity contribution is 5.35. The van der Waals surface area contributed by atoms with Crippen molar-refractivity contribution in [3.8, 4) is 11.5 Å². The van der Waals surface area contributed by atoms with Crippen molar-refractivity contribution in [2.24, 2.45) is 5.92 Å². The number of rotatable bonds is 5. The van der Waals surface area contributed by atoms with Gasteiger partial charge in [-0.15, -0.1) is 0 Å². The number of hydrogen-bond acceptors (Lipinski definition) is 3. The van der Waals surface area contributed by atoms with Crippen molar-refractivity contribution in [1.29, 1.82) is 0 Å². The molecule has 1 saturated heterocycles. The Morgan fingerprint density at radius 3 is 2.38 bits per heavy atom. The summed E-state index contributed by atoms with van der Waals surface area (Å²) in [6.07, 6.45) is 4.10. The van der Waals surface area contributed by atoms with Crippen molar-refractivity contribution in [1.82, 2.24) is 10.2 Å². The summed E-state index contributed by atoms with van der Waals surface area (Å²) >= 11 is 0. The van der Waals surface area contributed by atoms with Crippen molar-refractivity contribution in [3.05, 3.63) is 60.2 Å². The van der Waals surface area contributed by atoms with Crippen molar-refractivity contribution < 1.29 is 4.74 Å². The minimum atomic E-state index is 0.542. The largest absolute Gasteiger partial charge is 0.457 e. The van der Waals surface area contributed by atoms with Gasteiger partial charge in [0, 0.05) is 32.2 Å². The van der Waals surface area contributed by atoms with Gasteiger partial charge in [-0.1, -0.05) is 36.8 Å². The summed E-state index contributed by atoms with van der Waals surface area (Å²) in [6.45, 7) is 4.49. The molecule has 1 atom stereocenters. The zero-order chi connectivity index (χ0) is 16.2. The molecular weight excluding hydrogens is 296 g/mol. The predicted octanol–water partition coefficient (Wildman–Crippen LogP) is 4.23. The van der Waals surface area contributed by atoms with Gasteiger partial charge < -0.3 is 10.1 Å². The van der Waals surface area contributed by atoms with Gasteiger partial charge in [-0.25, -0.2) is 0 Å². The fraction of sp³-hybridized carbons (Fsp3) is 0.429. The van der Waals surface area contributed by atoms with Crippen LogP contribution in [0, 0.1) is 5.92 Å². The number of nitrogens with zero attached hydrogens (tertiary/aromatic N) is 1. The molecule has 0 bridgehead atoms. The maximum absolute atomic E-state index is 6.06. The molecular formula is C21H26N2O. The normalized spacial score (nSPS) is 20.3. The fourth-order valence-corrected chi connectivity index (χ4v) is 3.88. The molecule has 4 rings (SSSR count). The van der Waals surface area contributed by atoms with Crippen LogP contribution < -0.4 is 10.1 Å². The molecule has 1 saturated carbocycles. The first kappa shape index (κ1) is 15.7. The Morgan fingerprint density at radius 2 is 1.67 bits per heavy atom. The van der Waals surface area contributed by atoms with E-state index in [2.05, 4.69) is 34.5 Å². The standard InChI is InChI=1S/C21H26N2O/c1-2-9-19(10-3-1)24-20-11-5-8-18(16-20)21(17-6-4-7-17)23-14-12-22-13-15-23/h1-3,5,8-11,16-17,21-22H,4,6-7,12-15H2/t21-/m1/s1. The number of ether oxygens (including phenoxy) is 1. The summed E-state index contributed by atoms with van der Waals surface area (Å²) in [4.78, 5) is 2.67. The van der Waals surface area contributed by atoms with E-state index in [0.717, 1.165) is 43.6 Å². The monoisotopic (exact) mass is 322 g/mol. The molecule has 0 spiro atoms. The second-order valence-corrected chi connectivity index (χ2v) is 6.91. The van der Waals surface area contributed by atoms with Crippen molar-refractivity contribution in [2.75, 3.05) is 26.2 Å². The molecule has 2 aromatic carbocycles. The summed E-state index contributed by atoms with van der Waals surface area (Å²) in [5, 5.41) is 3.47. The Labute approximate surface area is 144 Å². The summed E-state index contributed by atoms with van der Waals surface area (Å²) < 4.78 is 6.06. The van der Waals surface area contributed by atoms with Crippen LogP contribution >= 0.6 is 0 Å². The molecule has 3 nitrogen and oxygen atoms in total. The molecule has 1 N–H and O–H groups in total. The third-order valence-electron chi connectivity index (χ3n) is 5.32. The third-order valence-corrected chi connectivity index (χ3v) is 5.32. The van der Waals surface area contributed by atoms with Gasteiger partial charge in [-0.2, -0.15) is 0 Å². The average Bonchev–Trinajstić information content (AvgIpc) is 2.60. The van der Waals surface area contributed by atoms with E-state index in [1.165, 1.54) is 24.8 Å². The Kier molecular flexibility index (Phi) is 4.81. The molecule has 0 unspecified atom stereocenters. The molecule has 0 amide bonds. The lowest BCUT2D eigenvalue weighted by Gasteiger charge is -2.43. The maximum atomic E-state index is 6.06. The van der Waals surface area contributed by atoms with E-state index < -0.39 is 0 Å². The maximum Gasteiger partial charge on any atom is 0.127 e. The smallest absolute Gasteiger partial charge is 0.127 e. The van der Waals surface area contributed by atoms with Gasteiger partial charge in [0.2, 0.25) is 0 Å². The first-order valence-electron chi connectivity index (χ1n) is 9.18. The lowest BCUT2D eigenvalue weighted by atomic mass is 9.76. The van der Waals surface area contributed by atoms with Gasteiger partial charge in [0.15, 0.2) is 0 Å². The van der Waals surface area contributed by atoms with E-state index in [4.69, 9.17) is 4.74 Å². The second-order valence-electron chi connectivity index (χ2n) is 6.91. The first-order chi connectivity index (χ1) is 11.9. The molecule has 1 aliphatic carbocycles. The van der Waals surface area contributed by atoms with Crippen molar-refractivity contribution in [3.63, 3.8) is 0 Å². The Balaban J connectivity index is 1.57. The van der Waals surface area contributed by atoms with Gasteiger partial charge >= 0.3 is 0 Å². The Morgan fingerprint density at radius 1 is 0.917 bits per heavy atom. The first-order valence-corrected chi connectivity index (χ1v) is 9.18. The average molecular weight is 322 g/mol. The Bertz CT molecular complexity index is 648. The Hall–Kier alpha value is -1.84. The number of piperazine rings is 1. The van der Waals surface area contributed by atoms with Gasteiger partial charge in [0.1, 0.15) is 11.5 Å². The predicted molar refractivity (Wildman–Crippen MR) is 97.5 cm³/mol. The number of nitrogens with one attached hydrogen (secondary N) is 1. The van der Waals surface area contributed by atoms with E-state index in [9.17, 15) is 0 Å². The summed E-state index contributed by atoms with van der Waals surface area (Å²) in [6, 6.07) is 19.3. The van der Waals surface area contributed by atoms with E-state index in [1.807, 2.05) is 30.3 Å². The molecule has 2 aromatic rings. The van der Waals surface area contributed by atoms with Gasteiger partial charge in [-0.3, -0.25) is 4.90 Å².